The van der Waals surface area contributed by atoms with Gasteiger partial charge in [-0.25, -0.2) is 9.59 Å². The van der Waals surface area contributed by atoms with Gasteiger partial charge < -0.3 is 24.7 Å². The maximum absolute atomic E-state index is 11.9. The van der Waals surface area contributed by atoms with Gasteiger partial charge in [-0.3, -0.25) is 9.59 Å². The molecule has 0 spiro atoms. The van der Waals surface area contributed by atoms with Gasteiger partial charge in [-0.1, -0.05) is 11.3 Å². The third-order valence-electron chi connectivity index (χ3n) is 3.47. The Hall–Kier alpha value is -2.62. The molecule has 25 heavy (non-hydrogen) atoms. The topological polar surface area (TPSA) is 116 Å². The molecule has 0 aromatic carbocycles. The number of thiazole rings is 1. The van der Waals surface area contributed by atoms with Gasteiger partial charge in [-0.2, -0.15) is 0 Å². The number of aromatic nitrogens is 1. The minimum absolute atomic E-state index is 0.00103. The quantitative estimate of drug-likeness (QED) is 0.667. The second-order valence-corrected chi connectivity index (χ2v) is 6.01. The molecule has 1 aliphatic heterocycles. The lowest BCUT2D eigenvalue weighted by Crippen LogP contribution is -2.45. The van der Waals surface area contributed by atoms with Gasteiger partial charge >= 0.3 is 22.8 Å². The number of rotatable bonds is 7. The van der Waals surface area contributed by atoms with Gasteiger partial charge in [0.15, 0.2) is 0 Å². The molecular weight excluding hydrogens is 350 g/mol. The number of hydrogen-bond donors (Lipinski definition) is 2. The Balaban J connectivity index is 1.95. The molecule has 0 fully saturated rings. The van der Waals surface area contributed by atoms with Gasteiger partial charge in [0.05, 0.1) is 30.8 Å². The standard InChI is InChI=1S/C15H19N3O6S/c1-3-23-13(20)10-6-16-14(21)17-11(10)7-24-12(19)4-5-18-9(2)8-25-15(18)22/h8H,3-7H2,1-2H3,(H2,16,17,21). The summed E-state index contributed by atoms with van der Waals surface area (Å²) in [5.74, 6) is -1.12. The van der Waals surface area contributed by atoms with E-state index in [1.807, 2.05) is 0 Å². The summed E-state index contributed by atoms with van der Waals surface area (Å²) >= 11 is 1.07. The van der Waals surface area contributed by atoms with Crippen molar-refractivity contribution in [1.29, 1.82) is 0 Å². The third-order valence-corrected chi connectivity index (χ3v) is 4.35. The predicted molar refractivity (Wildman–Crippen MR) is 89.1 cm³/mol. The molecule has 0 bridgehead atoms. The molecule has 1 aromatic heterocycles. The fourth-order valence-electron chi connectivity index (χ4n) is 2.17. The van der Waals surface area contributed by atoms with Crippen molar-refractivity contribution in [3.05, 3.63) is 32.0 Å². The third kappa shape index (κ3) is 4.92. The molecular formula is C15H19N3O6S. The van der Waals surface area contributed by atoms with Crippen molar-refractivity contribution in [2.45, 2.75) is 26.8 Å². The summed E-state index contributed by atoms with van der Waals surface area (Å²) in [5.41, 5.74) is 1.18. The van der Waals surface area contributed by atoms with Crippen molar-refractivity contribution in [3.8, 4) is 0 Å². The zero-order chi connectivity index (χ0) is 18.4. The predicted octanol–water partition coefficient (Wildman–Crippen LogP) is 0.282. The van der Waals surface area contributed by atoms with Crippen molar-refractivity contribution in [3.63, 3.8) is 0 Å². The molecule has 0 aliphatic carbocycles. The van der Waals surface area contributed by atoms with Crippen molar-refractivity contribution < 1.29 is 23.9 Å². The van der Waals surface area contributed by atoms with E-state index in [1.165, 1.54) is 4.57 Å². The molecule has 10 heteroatoms. The molecule has 0 saturated heterocycles. The number of nitrogens with zero attached hydrogens (tertiary/aromatic N) is 1. The maximum Gasteiger partial charge on any atom is 0.337 e. The van der Waals surface area contributed by atoms with Crippen molar-refractivity contribution >= 4 is 29.3 Å². The second-order valence-electron chi connectivity index (χ2n) is 5.19. The van der Waals surface area contributed by atoms with Crippen molar-refractivity contribution in [2.75, 3.05) is 19.8 Å². The van der Waals surface area contributed by atoms with Crippen LogP contribution in [-0.4, -0.2) is 42.3 Å². The molecule has 0 saturated carbocycles. The van der Waals surface area contributed by atoms with Crippen molar-refractivity contribution in [2.24, 2.45) is 0 Å². The van der Waals surface area contributed by atoms with Crippen LogP contribution >= 0.6 is 11.3 Å². The van der Waals surface area contributed by atoms with E-state index in [0.717, 1.165) is 17.0 Å². The molecule has 0 radical (unpaired) electrons. The van der Waals surface area contributed by atoms with Crippen LogP contribution in [0.2, 0.25) is 0 Å². The van der Waals surface area contributed by atoms with Gasteiger partial charge in [0.25, 0.3) is 0 Å². The molecule has 2 N–H and O–H groups in total. The monoisotopic (exact) mass is 369 g/mol. The van der Waals surface area contributed by atoms with E-state index in [2.05, 4.69) is 10.6 Å². The lowest BCUT2D eigenvalue weighted by Gasteiger charge is -2.21. The summed E-state index contributed by atoms with van der Waals surface area (Å²) in [6.07, 6.45) is 0.00565. The van der Waals surface area contributed by atoms with E-state index in [1.54, 1.807) is 19.2 Å². The number of nitrogens with one attached hydrogen (secondary N) is 2. The molecule has 136 valence electrons. The average molecular weight is 369 g/mol. The Kier molecular flexibility index (Phi) is 6.34. The Bertz CT molecular complexity index is 764. The number of ether oxygens (including phenoxy) is 2. The molecule has 2 rings (SSSR count). The number of hydrogen-bond acceptors (Lipinski definition) is 7. The summed E-state index contributed by atoms with van der Waals surface area (Å²) in [4.78, 5) is 46.6. The van der Waals surface area contributed by atoms with E-state index in [-0.39, 0.29) is 48.9 Å². The van der Waals surface area contributed by atoms with E-state index in [4.69, 9.17) is 9.47 Å². The van der Waals surface area contributed by atoms with E-state index < -0.39 is 18.0 Å². The van der Waals surface area contributed by atoms with Gasteiger partial charge in [-0.15, -0.1) is 0 Å². The van der Waals surface area contributed by atoms with E-state index in [0.29, 0.717) is 0 Å². The number of urea groups is 1. The number of carbonyl (C=O) groups excluding carboxylic acids is 3. The van der Waals surface area contributed by atoms with Crippen LogP contribution in [0, 0.1) is 6.92 Å². The summed E-state index contributed by atoms with van der Waals surface area (Å²) in [7, 11) is 0. The van der Waals surface area contributed by atoms with Crippen LogP contribution in [0.3, 0.4) is 0 Å². The van der Waals surface area contributed by atoms with Gasteiger partial charge in [0, 0.05) is 17.6 Å². The summed E-state index contributed by atoms with van der Waals surface area (Å²) in [5, 5.41) is 6.62. The zero-order valence-electron chi connectivity index (χ0n) is 13.9. The molecule has 0 atom stereocenters. The average Bonchev–Trinajstić information content (AvgIpc) is 2.89. The maximum atomic E-state index is 11.9. The normalized spacial score (nSPS) is 13.9. The first-order valence-electron chi connectivity index (χ1n) is 7.67. The fraction of sp³-hybridized carbons (Fsp3) is 0.467. The Morgan fingerprint density at radius 1 is 1.32 bits per heavy atom. The van der Waals surface area contributed by atoms with Gasteiger partial charge in [0.1, 0.15) is 6.61 Å². The highest BCUT2D eigenvalue weighted by molar-refractivity contribution is 7.07. The SMILES string of the molecule is CCOC(=O)C1=C(COC(=O)CCn2c(C)csc2=O)NC(=O)NC1. The molecule has 1 aromatic rings. The highest BCUT2D eigenvalue weighted by Crippen LogP contribution is 2.09. The summed E-state index contributed by atoms with van der Waals surface area (Å²) in [6.45, 7) is 3.60. The molecule has 2 heterocycles. The van der Waals surface area contributed by atoms with E-state index >= 15 is 0 Å². The first-order chi connectivity index (χ1) is 11.9. The van der Waals surface area contributed by atoms with Crippen LogP contribution in [0.4, 0.5) is 4.79 Å². The lowest BCUT2D eigenvalue weighted by molar-refractivity contribution is -0.143. The summed E-state index contributed by atoms with van der Waals surface area (Å²) < 4.78 is 11.5. The van der Waals surface area contributed by atoms with Gasteiger partial charge in [-0.05, 0) is 13.8 Å². The second kappa shape index (κ2) is 8.47. The summed E-state index contributed by atoms with van der Waals surface area (Å²) in [6, 6.07) is -0.487. The number of carbonyl (C=O) groups is 3. The number of aryl methyl sites for hydroxylation is 1. The van der Waals surface area contributed by atoms with Crippen LogP contribution in [0.5, 0.6) is 0 Å². The van der Waals surface area contributed by atoms with Crippen LogP contribution in [0.15, 0.2) is 21.4 Å². The van der Waals surface area contributed by atoms with Gasteiger partial charge in [0.2, 0.25) is 0 Å². The molecule has 2 amide bonds. The smallest absolute Gasteiger partial charge is 0.337 e. The van der Waals surface area contributed by atoms with Crippen LogP contribution in [0.25, 0.3) is 0 Å². The van der Waals surface area contributed by atoms with Crippen LogP contribution < -0.4 is 15.5 Å². The van der Waals surface area contributed by atoms with Crippen molar-refractivity contribution in [1.82, 2.24) is 15.2 Å². The van der Waals surface area contributed by atoms with E-state index in [9.17, 15) is 19.2 Å². The van der Waals surface area contributed by atoms with Crippen LogP contribution in [-0.2, 0) is 25.6 Å². The minimum atomic E-state index is -0.582. The Labute approximate surface area is 147 Å². The number of esters is 2. The first-order valence-corrected chi connectivity index (χ1v) is 8.55. The largest absolute Gasteiger partial charge is 0.463 e. The molecule has 1 aliphatic rings. The van der Waals surface area contributed by atoms with Crippen LogP contribution in [0.1, 0.15) is 19.0 Å². The highest BCUT2D eigenvalue weighted by atomic mass is 32.1. The fourth-order valence-corrected chi connectivity index (χ4v) is 2.93. The minimum Gasteiger partial charge on any atom is -0.463 e. The Morgan fingerprint density at radius 3 is 2.72 bits per heavy atom. The first kappa shape index (κ1) is 18.7. The molecule has 0 unspecified atom stereocenters. The molecule has 9 nitrogen and oxygen atoms in total. The highest BCUT2D eigenvalue weighted by Gasteiger charge is 2.24. The zero-order valence-corrected chi connectivity index (χ0v) is 14.7. The lowest BCUT2D eigenvalue weighted by atomic mass is 10.2. The number of amides is 2. The Morgan fingerprint density at radius 2 is 2.08 bits per heavy atom.